The largest absolute Gasteiger partial charge is 0.388 e. The van der Waals surface area contributed by atoms with Crippen LogP contribution in [0.4, 0.5) is 13.2 Å². The second-order valence-electron chi connectivity index (χ2n) is 4.95. The standard InChI is InChI=1S/C16H15F3O/c1-9-5-10(2)16(14(19)6-9)15(20)8-11-3-4-12(17)13(18)7-11/h3-7,15,20H,8H2,1-2H3. The van der Waals surface area contributed by atoms with Crippen molar-refractivity contribution < 1.29 is 18.3 Å². The zero-order valence-corrected chi connectivity index (χ0v) is 11.3. The maximum absolute atomic E-state index is 13.9. The van der Waals surface area contributed by atoms with Gasteiger partial charge in [-0.2, -0.15) is 0 Å². The van der Waals surface area contributed by atoms with Gasteiger partial charge in [-0.3, -0.25) is 0 Å². The molecule has 0 aliphatic carbocycles. The lowest BCUT2D eigenvalue weighted by atomic mass is 9.95. The lowest BCUT2D eigenvalue weighted by Crippen LogP contribution is -2.07. The summed E-state index contributed by atoms with van der Waals surface area (Å²) < 4.78 is 39.9. The van der Waals surface area contributed by atoms with Crippen molar-refractivity contribution in [2.24, 2.45) is 0 Å². The van der Waals surface area contributed by atoms with Crippen LogP contribution in [0.1, 0.15) is 28.4 Å². The molecule has 20 heavy (non-hydrogen) atoms. The Labute approximate surface area is 115 Å². The zero-order chi connectivity index (χ0) is 14.9. The van der Waals surface area contributed by atoms with Gasteiger partial charge in [-0.05, 0) is 48.7 Å². The molecule has 1 atom stereocenters. The lowest BCUT2D eigenvalue weighted by molar-refractivity contribution is 0.172. The predicted molar refractivity (Wildman–Crippen MR) is 70.9 cm³/mol. The van der Waals surface area contributed by atoms with E-state index >= 15 is 0 Å². The van der Waals surface area contributed by atoms with Gasteiger partial charge in [-0.15, -0.1) is 0 Å². The Bertz CT molecular complexity index is 615. The number of aryl methyl sites for hydroxylation is 2. The summed E-state index contributed by atoms with van der Waals surface area (Å²) >= 11 is 0. The lowest BCUT2D eigenvalue weighted by Gasteiger charge is -2.15. The van der Waals surface area contributed by atoms with E-state index in [0.717, 1.165) is 17.7 Å². The summed E-state index contributed by atoms with van der Waals surface area (Å²) in [5, 5.41) is 10.1. The van der Waals surface area contributed by atoms with Crippen LogP contribution in [0.3, 0.4) is 0 Å². The third-order valence-electron chi connectivity index (χ3n) is 3.23. The summed E-state index contributed by atoms with van der Waals surface area (Å²) in [5.41, 5.74) is 2.01. The van der Waals surface area contributed by atoms with Crippen molar-refractivity contribution in [3.8, 4) is 0 Å². The Morgan fingerprint density at radius 1 is 0.950 bits per heavy atom. The maximum atomic E-state index is 13.9. The monoisotopic (exact) mass is 280 g/mol. The minimum Gasteiger partial charge on any atom is -0.388 e. The maximum Gasteiger partial charge on any atom is 0.159 e. The summed E-state index contributed by atoms with van der Waals surface area (Å²) in [4.78, 5) is 0. The van der Waals surface area contributed by atoms with E-state index in [-0.39, 0.29) is 12.0 Å². The molecule has 0 amide bonds. The predicted octanol–water partition coefficient (Wildman–Crippen LogP) is 4.00. The van der Waals surface area contributed by atoms with E-state index in [9.17, 15) is 18.3 Å². The third kappa shape index (κ3) is 3.02. The van der Waals surface area contributed by atoms with Crippen LogP contribution in [0.15, 0.2) is 30.3 Å². The number of benzene rings is 2. The van der Waals surface area contributed by atoms with Crippen molar-refractivity contribution in [2.75, 3.05) is 0 Å². The van der Waals surface area contributed by atoms with E-state index in [2.05, 4.69) is 0 Å². The number of rotatable bonds is 3. The molecule has 4 heteroatoms. The molecular formula is C16H15F3O. The molecule has 0 aromatic heterocycles. The molecule has 0 saturated carbocycles. The van der Waals surface area contributed by atoms with Gasteiger partial charge in [0.25, 0.3) is 0 Å². The summed E-state index contributed by atoms with van der Waals surface area (Å²) in [6.07, 6.45) is -1.07. The van der Waals surface area contributed by atoms with E-state index in [1.54, 1.807) is 19.9 Å². The highest BCUT2D eigenvalue weighted by Crippen LogP contribution is 2.26. The summed E-state index contributed by atoms with van der Waals surface area (Å²) in [6.45, 7) is 3.47. The van der Waals surface area contributed by atoms with Crippen molar-refractivity contribution in [2.45, 2.75) is 26.4 Å². The molecule has 0 spiro atoms. The molecular weight excluding hydrogens is 265 g/mol. The molecule has 1 unspecified atom stereocenters. The Balaban J connectivity index is 2.28. The van der Waals surface area contributed by atoms with Gasteiger partial charge < -0.3 is 5.11 Å². The molecule has 0 aliphatic heterocycles. The minimum atomic E-state index is -1.10. The zero-order valence-electron chi connectivity index (χ0n) is 11.3. The molecule has 0 aliphatic rings. The van der Waals surface area contributed by atoms with Gasteiger partial charge in [-0.1, -0.05) is 12.1 Å². The van der Waals surface area contributed by atoms with Crippen LogP contribution in [0.2, 0.25) is 0 Å². The molecule has 1 nitrogen and oxygen atoms in total. The molecule has 0 bridgehead atoms. The van der Waals surface area contributed by atoms with Crippen LogP contribution < -0.4 is 0 Å². The number of aliphatic hydroxyl groups is 1. The first-order valence-corrected chi connectivity index (χ1v) is 6.27. The highest BCUT2D eigenvalue weighted by Gasteiger charge is 2.17. The first-order valence-electron chi connectivity index (χ1n) is 6.27. The van der Waals surface area contributed by atoms with Gasteiger partial charge in [0.05, 0.1) is 6.10 Å². The highest BCUT2D eigenvalue weighted by atomic mass is 19.2. The molecule has 2 aromatic rings. The Morgan fingerprint density at radius 2 is 1.65 bits per heavy atom. The fraction of sp³-hybridized carbons (Fsp3) is 0.250. The van der Waals surface area contributed by atoms with Gasteiger partial charge in [0.2, 0.25) is 0 Å². The fourth-order valence-corrected chi connectivity index (χ4v) is 2.34. The molecule has 106 valence electrons. The summed E-state index contributed by atoms with van der Waals surface area (Å²) in [5.74, 6) is -2.41. The number of hydrogen-bond donors (Lipinski definition) is 1. The second-order valence-corrected chi connectivity index (χ2v) is 4.95. The van der Waals surface area contributed by atoms with E-state index in [1.165, 1.54) is 12.1 Å². The Hall–Kier alpha value is -1.81. The number of halogens is 3. The van der Waals surface area contributed by atoms with Crippen molar-refractivity contribution >= 4 is 0 Å². The fourth-order valence-electron chi connectivity index (χ4n) is 2.34. The van der Waals surface area contributed by atoms with Crippen LogP contribution in [0.25, 0.3) is 0 Å². The van der Waals surface area contributed by atoms with E-state index in [1.807, 2.05) is 0 Å². The number of hydrogen-bond acceptors (Lipinski definition) is 1. The van der Waals surface area contributed by atoms with Gasteiger partial charge >= 0.3 is 0 Å². The number of aliphatic hydroxyl groups excluding tert-OH is 1. The average Bonchev–Trinajstić information content (AvgIpc) is 2.32. The molecule has 0 fully saturated rings. The summed E-state index contributed by atoms with van der Waals surface area (Å²) in [7, 11) is 0. The van der Waals surface area contributed by atoms with Gasteiger partial charge in [0.1, 0.15) is 5.82 Å². The van der Waals surface area contributed by atoms with Gasteiger partial charge in [0, 0.05) is 12.0 Å². The Morgan fingerprint density at radius 3 is 2.25 bits per heavy atom. The summed E-state index contributed by atoms with van der Waals surface area (Å²) in [6, 6.07) is 6.50. The van der Waals surface area contributed by atoms with Crippen molar-refractivity contribution in [3.63, 3.8) is 0 Å². The van der Waals surface area contributed by atoms with Crippen LogP contribution in [0.5, 0.6) is 0 Å². The SMILES string of the molecule is Cc1cc(C)c(C(O)Cc2ccc(F)c(F)c2)c(F)c1. The molecule has 0 radical (unpaired) electrons. The van der Waals surface area contributed by atoms with Crippen molar-refractivity contribution in [1.82, 2.24) is 0 Å². The molecule has 2 rings (SSSR count). The molecule has 0 heterocycles. The van der Waals surface area contributed by atoms with Crippen LogP contribution in [0, 0.1) is 31.3 Å². The quantitative estimate of drug-likeness (QED) is 0.901. The molecule has 1 N–H and O–H groups in total. The van der Waals surface area contributed by atoms with Gasteiger partial charge in [-0.25, -0.2) is 13.2 Å². The first kappa shape index (κ1) is 14.6. The normalized spacial score (nSPS) is 12.5. The topological polar surface area (TPSA) is 20.2 Å². The average molecular weight is 280 g/mol. The van der Waals surface area contributed by atoms with E-state index in [4.69, 9.17) is 0 Å². The molecule has 0 saturated heterocycles. The first-order chi connectivity index (χ1) is 9.38. The van der Waals surface area contributed by atoms with Crippen molar-refractivity contribution in [3.05, 3.63) is 70.0 Å². The minimum absolute atomic E-state index is 0.0258. The van der Waals surface area contributed by atoms with E-state index < -0.39 is 23.6 Å². The second kappa shape index (κ2) is 5.67. The van der Waals surface area contributed by atoms with Crippen LogP contribution >= 0.6 is 0 Å². The molecule has 2 aromatic carbocycles. The smallest absolute Gasteiger partial charge is 0.159 e. The third-order valence-corrected chi connectivity index (χ3v) is 3.23. The Kier molecular flexibility index (Phi) is 4.14. The highest BCUT2D eigenvalue weighted by molar-refractivity contribution is 5.34. The van der Waals surface area contributed by atoms with Crippen molar-refractivity contribution in [1.29, 1.82) is 0 Å². The van der Waals surface area contributed by atoms with Crippen LogP contribution in [-0.2, 0) is 6.42 Å². The van der Waals surface area contributed by atoms with Crippen LogP contribution in [-0.4, -0.2) is 5.11 Å². The van der Waals surface area contributed by atoms with E-state index in [0.29, 0.717) is 11.1 Å². The van der Waals surface area contributed by atoms with Gasteiger partial charge in [0.15, 0.2) is 11.6 Å².